The van der Waals surface area contributed by atoms with Gasteiger partial charge in [-0.25, -0.2) is 0 Å². The van der Waals surface area contributed by atoms with Gasteiger partial charge in [0.25, 0.3) is 0 Å². The Morgan fingerprint density at radius 1 is 1.31 bits per heavy atom. The first-order valence-corrected chi connectivity index (χ1v) is 4.86. The fourth-order valence-corrected chi connectivity index (χ4v) is 1.13. The number of nitrogens with zero attached hydrogens (tertiary/aromatic N) is 1. The maximum Gasteiger partial charge on any atom is 0.0572 e. The number of aryl methyl sites for hydroxylation is 1. The molecule has 0 unspecified atom stereocenters. The number of rotatable bonds is 1. The lowest BCUT2D eigenvalue weighted by Crippen LogP contribution is -2.25. The third kappa shape index (κ3) is 2.52. The van der Waals surface area contributed by atoms with E-state index in [-0.39, 0.29) is 0 Å². The quantitative estimate of drug-likeness (QED) is 0.661. The van der Waals surface area contributed by atoms with Crippen molar-refractivity contribution in [3.05, 3.63) is 29.6 Å². The normalized spacial score (nSPS) is 15.6. The molecule has 0 atom stereocenters. The Bertz CT molecular complexity index is 239. The van der Waals surface area contributed by atoms with Crippen LogP contribution in [-0.4, -0.2) is 18.2 Å². The van der Waals surface area contributed by atoms with E-state index in [1.807, 2.05) is 27.0 Å². The monoisotopic (exact) mass is 179 g/mol. The van der Waals surface area contributed by atoms with E-state index in [9.17, 15) is 0 Å². The van der Waals surface area contributed by atoms with E-state index in [1.165, 1.54) is 11.3 Å². The van der Waals surface area contributed by atoms with Crippen LogP contribution in [0.1, 0.15) is 31.0 Å². The Labute approximate surface area is 80.0 Å². The molecule has 0 aliphatic carbocycles. The van der Waals surface area contributed by atoms with Crippen LogP contribution in [0.5, 0.6) is 0 Å². The van der Waals surface area contributed by atoms with Gasteiger partial charge in [-0.1, -0.05) is 19.9 Å². The zero-order chi connectivity index (χ0) is 9.68. The summed E-state index contributed by atoms with van der Waals surface area (Å²) in [7, 11) is 0. The van der Waals surface area contributed by atoms with Gasteiger partial charge in [-0.15, -0.1) is 0 Å². The largest absolute Gasteiger partial charge is 0.380 e. The molecule has 2 heterocycles. The van der Waals surface area contributed by atoms with Gasteiger partial charge in [-0.3, -0.25) is 4.98 Å². The first kappa shape index (κ1) is 10.2. The summed E-state index contributed by atoms with van der Waals surface area (Å²) in [5.41, 5.74) is 2.39. The summed E-state index contributed by atoms with van der Waals surface area (Å²) >= 11 is 0. The molecule has 0 radical (unpaired) electrons. The maximum absolute atomic E-state index is 5.08. The van der Waals surface area contributed by atoms with Gasteiger partial charge in [-0.2, -0.15) is 0 Å². The van der Waals surface area contributed by atoms with E-state index in [4.69, 9.17) is 4.74 Å². The third-order valence-corrected chi connectivity index (χ3v) is 1.99. The fraction of sp³-hybridized carbons (Fsp3) is 0.545. The SMILES string of the molecule is CC.Cc1ccc(C2COC2)nc1. The molecule has 0 saturated carbocycles. The second kappa shape index (κ2) is 4.97. The van der Waals surface area contributed by atoms with Crippen molar-refractivity contribution in [2.75, 3.05) is 13.2 Å². The minimum absolute atomic E-state index is 0.551. The molecule has 1 aliphatic rings. The topological polar surface area (TPSA) is 22.1 Å². The van der Waals surface area contributed by atoms with Crippen molar-refractivity contribution in [1.29, 1.82) is 0 Å². The average Bonchev–Trinajstić information content (AvgIpc) is 2.09. The number of hydrogen-bond donors (Lipinski definition) is 0. The lowest BCUT2D eigenvalue weighted by molar-refractivity contribution is 0.00671. The van der Waals surface area contributed by atoms with Crippen molar-refractivity contribution in [2.24, 2.45) is 0 Å². The molecule has 1 saturated heterocycles. The van der Waals surface area contributed by atoms with E-state index in [0.29, 0.717) is 5.92 Å². The van der Waals surface area contributed by atoms with E-state index < -0.39 is 0 Å². The molecule has 13 heavy (non-hydrogen) atoms. The van der Waals surface area contributed by atoms with Gasteiger partial charge in [0.2, 0.25) is 0 Å². The maximum atomic E-state index is 5.08. The highest BCUT2D eigenvalue weighted by Gasteiger charge is 2.20. The molecular weight excluding hydrogens is 162 g/mol. The second-order valence-electron chi connectivity index (χ2n) is 2.99. The Hall–Kier alpha value is -0.890. The van der Waals surface area contributed by atoms with Gasteiger partial charge in [0.05, 0.1) is 13.2 Å². The molecule has 2 rings (SSSR count). The molecule has 0 bridgehead atoms. The van der Waals surface area contributed by atoms with Gasteiger partial charge in [0, 0.05) is 17.8 Å². The average molecular weight is 179 g/mol. The van der Waals surface area contributed by atoms with Crippen LogP contribution in [0.2, 0.25) is 0 Å². The highest BCUT2D eigenvalue weighted by molar-refractivity contribution is 5.16. The molecular formula is C11H17NO. The number of aromatic nitrogens is 1. The zero-order valence-corrected chi connectivity index (χ0v) is 8.58. The van der Waals surface area contributed by atoms with Crippen LogP contribution in [-0.2, 0) is 4.74 Å². The first-order chi connectivity index (χ1) is 6.36. The summed E-state index contributed by atoms with van der Waals surface area (Å²) in [6.07, 6.45) is 1.91. The highest BCUT2D eigenvalue weighted by atomic mass is 16.5. The Kier molecular flexibility index (Phi) is 3.90. The minimum atomic E-state index is 0.551. The predicted molar refractivity (Wildman–Crippen MR) is 53.9 cm³/mol. The zero-order valence-electron chi connectivity index (χ0n) is 8.58. The van der Waals surface area contributed by atoms with Crippen LogP contribution in [0.4, 0.5) is 0 Å². The van der Waals surface area contributed by atoms with Crippen LogP contribution in [0.3, 0.4) is 0 Å². The van der Waals surface area contributed by atoms with Crippen molar-refractivity contribution >= 4 is 0 Å². The molecule has 1 fully saturated rings. The molecule has 0 spiro atoms. The van der Waals surface area contributed by atoms with Gasteiger partial charge < -0.3 is 4.74 Å². The first-order valence-electron chi connectivity index (χ1n) is 4.86. The molecule has 2 nitrogen and oxygen atoms in total. The second-order valence-corrected chi connectivity index (χ2v) is 2.99. The van der Waals surface area contributed by atoms with Crippen molar-refractivity contribution in [3.8, 4) is 0 Å². The smallest absolute Gasteiger partial charge is 0.0572 e. The van der Waals surface area contributed by atoms with E-state index >= 15 is 0 Å². The van der Waals surface area contributed by atoms with Crippen molar-refractivity contribution < 1.29 is 4.74 Å². The van der Waals surface area contributed by atoms with Crippen LogP contribution in [0.15, 0.2) is 18.3 Å². The number of ether oxygens (including phenoxy) is 1. The standard InChI is InChI=1S/C9H11NO.C2H6/c1-7-2-3-9(10-4-7)8-5-11-6-8;1-2/h2-4,8H,5-6H2,1H3;1-2H3. The molecule has 72 valence electrons. The Morgan fingerprint density at radius 2 is 2.00 bits per heavy atom. The van der Waals surface area contributed by atoms with Crippen LogP contribution < -0.4 is 0 Å². The third-order valence-electron chi connectivity index (χ3n) is 1.99. The molecule has 1 aromatic heterocycles. The fourth-order valence-electron chi connectivity index (χ4n) is 1.13. The Morgan fingerprint density at radius 3 is 2.38 bits per heavy atom. The molecule has 0 amide bonds. The van der Waals surface area contributed by atoms with Gasteiger partial charge in [0.1, 0.15) is 0 Å². The summed E-state index contributed by atoms with van der Waals surface area (Å²) in [6, 6.07) is 4.18. The molecule has 1 aliphatic heterocycles. The van der Waals surface area contributed by atoms with Gasteiger partial charge >= 0.3 is 0 Å². The summed E-state index contributed by atoms with van der Waals surface area (Å²) in [5, 5.41) is 0. The van der Waals surface area contributed by atoms with Crippen molar-refractivity contribution in [3.63, 3.8) is 0 Å². The van der Waals surface area contributed by atoms with Gasteiger partial charge in [-0.05, 0) is 18.6 Å². The van der Waals surface area contributed by atoms with Gasteiger partial charge in [0.15, 0.2) is 0 Å². The Balaban J connectivity index is 0.000000396. The predicted octanol–water partition coefficient (Wildman–Crippen LogP) is 2.53. The lowest BCUT2D eigenvalue weighted by atomic mass is 10.0. The van der Waals surface area contributed by atoms with E-state index in [1.54, 1.807) is 0 Å². The molecule has 0 N–H and O–H groups in total. The summed E-state index contributed by atoms with van der Waals surface area (Å²) < 4.78 is 5.08. The highest BCUT2D eigenvalue weighted by Crippen LogP contribution is 2.21. The minimum Gasteiger partial charge on any atom is -0.380 e. The summed E-state index contributed by atoms with van der Waals surface area (Å²) in [5.74, 6) is 0.551. The van der Waals surface area contributed by atoms with Crippen LogP contribution in [0, 0.1) is 6.92 Å². The molecule has 2 heteroatoms. The number of hydrogen-bond acceptors (Lipinski definition) is 2. The van der Waals surface area contributed by atoms with Crippen molar-refractivity contribution in [2.45, 2.75) is 26.7 Å². The van der Waals surface area contributed by atoms with Crippen molar-refractivity contribution in [1.82, 2.24) is 4.98 Å². The van der Waals surface area contributed by atoms with Crippen LogP contribution >= 0.6 is 0 Å². The summed E-state index contributed by atoms with van der Waals surface area (Å²) in [4.78, 5) is 4.32. The lowest BCUT2D eigenvalue weighted by Gasteiger charge is -2.25. The molecule has 1 aromatic rings. The number of pyridine rings is 1. The molecule has 0 aromatic carbocycles. The van der Waals surface area contributed by atoms with E-state index in [0.717, 1.165) is 13.2 Å². The van der Waals surface area contributed by atoms with E-state index in [2.05, 4.69) is 17.1 Å². The summed E-state index contributed by atoms with van der Waals surface area (Å²) in [6.45, 7) is 7.74. The van der Waals surface area contributed by atoms with Crippen LogP contribution in [0.25, 0.3) is 0 Å².